The minimum atomic E-state index is -1.08. The van der Waals surface area contributed by atoms with Crippen LogP contribution < -0.4 is 5.32 Å². The molecule has 112 valence electrons. The van der Waals surface area contributed by atoms with Gasteiger partial charge in [0.25, 0.3) is 0 Å². The zero-order chi connectivity index (χ0) is 14.7. The Hall–Kier alpha value is -1.05. The average Bonchev–Trinajstić information content (AvgIpc) is 2.73. The predicted octanol–water partition coefficient (Wildman–Crippen LogP) is -0.0422. The number of hydrogen-bond acceptors (Lipinski definition) is 5. The van der Waals surface area contributed by atoms with Gasteiger partial charge in [0.15, 0.2) is 0 Å². The Morgan fingerprint density at radius 3 is 2.35 bits per heavy atom. The topological polar surface area (TPSA) is 82.0 Å². The Bertz CT molecular complexity index is 428. The fourth-order valence-electron chi connectivity index (χ4n) is 2.31. The van der Waals surface area contributed by atoms with Crippen LogP contribution in [-0.4, -0.2) is 52.9 Å². The van der Waals surface area contributed by atoms with Gasteiger partial charge in [0, 0.05) is 12.6 Å². The van der Waals surface area contributed by atoms with Crippen LogP contribution in [0.5, 0.6) is 0 Å². The van der Waals surface area contributed by atoms with Crippen LogP contribution >= 0.6 is 0 Å². The van der Waals surface area contributed by atoms with E-state index in [9.17, 15) is 14.6 Å². The molecule has 1 aromatic carbocycles. The molecule has 0 spiro atoms. The van der Waals surface area contributed by atoms with Gasteiger partial charge in [-0.05, 0) is 24.6 Å². The third-order valence-electron chi connectivity index (χ3n) is 3.64. The van der Waals surface area contributed by atoms with Gasteiger partial charge in [-0.1, -0.05) is 12.1 Å². The van der Waals surface area contributed by atoms with Gasteiger partial charge in [-0.2, -0.15) is 0 Å². The summed E-state index contributed by atoms with van der Waals surface area (Å²) < 4.78 is 18.2. The molecule has 1 fully saturated rings. The third kappa shape index (κ3) is 3.34. The molecule has 1 saturated heterocycles. The SMILES string of the molecule is C[C@@H](NC[C@H]1O[C@H](CO)[C@@H](O)[C@@H]1O)c1ccc(F)cc1. The number of nitrogens with one attached hydrogen (secondary N) is 1. The lowest BCUT2D eigenvalue weighted by Gasteiger charge is -2.19. The summed E-state index contributed by atoms with van der Waals surface area (Å²) >= 11 is 0. The van der Waals surface area contributed by atoms with Crippen molar-refractivity contribution < 1.29 is 24.4 Å². The Morgan fingerprint density at radius 2 is 1.80 bits per heavy atom. The highest BCUT2D eigenvalue weighted by Crippen LogP contribution is 2.21. The lowest BCUT2D eigenvalue weighted by molar-refractivity contribution is -0.0218. The number of ether oxygens (including phenoxy) is 1. The van der Waals surface area contributed by atoms with E-state index in [0.29, 0.717) is 6.54 Å². The molecule has 0 aromatic heterocycles. The van der Waals surface area contributed by atoms with E-state index in [1.165, 1.54) is 12.1 Å². The van der Waals surface area contributed by atoms with Gasteiger partial charge in [-0.15, -0.1) is 0 Å². The van der Waals surface area contributed by atoms with Crippen LogP contribution in [0.15, 0.2) is 24.3 Å². The van der Waals surface area contributed by atoms with Gasteiger partial charge in [-0.25, -0.2) is 4.39 Å². The van der Waals surface area contributed by atoms with Gasteiger partial charge in [-0.3, -0.25) is 0 Å². The first-order valence-corrected chi connectivity index (χ1v) is 6.64. The van der Waals surface area contributed by atoms with Crippen LogP contribution in [0.1, 0.15) is 18.5 Å². The monoisotopic (exact) mass is 285 g/mol. The zero-order valence-corrected chi connectivity index (χ0v) is 11.2. The first-order chi connectivity index (χ1) is 9.52. The summed E-state index contributed by atoms with van der Waals surface area (Å²) in [6.45, 7) is 1.91. The molecule has 1 aliphatic heterocycles. The summed E-state index contributed by atoms with van der Waals surface area (Å²) in [5, 5.41) is 31.6. The van der Waals surface area contributed by atoms with Gasteiger partial charge in [0.2, 0.25) is 0 Å². The number of aliphatic hydroxyl groups is 3. The molecular weight excluding hydrogens is 265 g/mol. The summed E-state index contributed by atoms with van der Waals surface area (Å²) in [7, 11) is 0. The minimum Gasteiger partial charge on any atom is -0.394 e. The van der Waals surface area contributed by atoms with Crippen LogP contribution in [0.4, 0.5) is 4.39 Å². The van der Waals surface area contributed by atoms with Crippen molar-refractivity contribution in [3.8, 4) is 0 Å². The van der Waals surface area contributed by atoms with Gasteiger partial charge < -0.3 is 25.4 Å². The van der Waals surface area contributed by atoms with Crippen molar-refractivity contribution in [3.63, 3.8) is 0 Å². The molecule has 1 aliphatic rings. The van der Waals surface area contributed by atoms with Crippen molar-refractivity contribution in [2.45, 2.75) is 37.4 Å². The van der Waals surface area contributed by atoms with E-state index in [4.69, 9.17) is 9.84 Å². The first kappa shape index (κ1) is 15.3. The van der Waals surface area contributed by atoms with Crippen molar-refractivity contribution in [2.24, 2.45) is 0 Å². The Kier molecular flexibility index (Phi) is 5.06. The summed E-state index contributed by atoms with van der Waals surface area (Å²) in [6.07, 6.45) is -3.43. The van der Waals surface area contributed by atoms with Gasteiger partial charge in [0.1, 0.15) is 24.1 Å². The van der Waals surface area contributed by atoms with Crippen LogP contribution in [0.3, 0.4) is 0 Å². The van der Waals surface area contributed by atoms with E-state index >= 15 is 0 Å². The summed E-state index contributed by atoms with van der Waals surface area (Å²) in [6, 6.07) is 6.10. The Morgan fingerprint density at radius 1 is 1.20 bits per heavy atom. The second kappa shape index (κ2) is 6.60. The fraction of sp³-hybridized carbons (Fsp3) is 0.571. The second-order valence-corrected chi connectivity index (χ2v) is 5.06. The third-order valence-corrected chi connectivity index (χ3v) is 3.64. The molecule has 0 unspecified atom stereocenters. The highest BCUT2D eigenvalue weighted by atomic mass is 19.1. The number of rotatable bonds is 5. The van der Waals surface area contributed by atoms with E-state index in [1.807, 2.05) is 6.92 Å². The van der Waals surface area contributed by atoms with Crippen molar-refractivity contribution in [2.75, 3.05) is 13.2 Å². The number of benzene rings is 1. The maximum atomic E-state index is 12.8. The number of aliphatic hydroxyl groups excluding tert-OH is 3. The van der Waals surface area contributed by atoms with Crippen molar-refractivity contribution in [1.29, 1.82) is 0 Å². The highest BCUT2D eigenvalue weighted by Gasteiger charge is 2.41. The molecule has 5 atom stereocenters. The molecule has 0 radical (unpaired) electrons. The Balaban J connectivity index is 1.87. The minimum absolute atomic E-state index is 0.0447. The molecule has 4 N–H and O–H groups in total. The van der Waals surface area contributed by atoms with Crippen LogP contribution in [0, 0.1) is 5.82 Å². The molecule has 5 nitrogen and oxygen atoms in total. The van der Waals surface area contributed by atoms with Gasteiger partial charge >= 0.3 is 0 Å². The molecule has 0 bridgehead atoms. The fourth-order valence-corrected chi connectivity index (χ4v) is 2.31. The van der Waals surface area contributed by atoms with Crippen LogP contribution in [-0.2, 0) is 4.74 Å². The second-order valence-electron chi connectivity index (χ2n) is 5.06. The maximum Gasteiger partial charge on any atom is 0.123 e. The van der Waals surface area contributed by atoms with E-state index in [1.54, 1.807) is 12.1 Å². The Labute approximate surface area is 117 Å². The average molecular weight is 285 g/mol. The van der Waals surface area contributed by atoms with E-state index in [2.05, 4.69) is 5.32 Å². The predicted molar refractivity (Wildman–Crippen MR) is 70.6 cm³/mol. The molecule has 6 heteroatoms. The molecule has 0 amide bonds. The normalized spacial score (nSPS) is 31.4. The molecular formula is C14H20FNO4. The van der Waals surface area contributed by atoms with E-state index in [0.717, 1.165) is 5.56 Å². The molecule has 0 aliphatic carbocycles. The summed E-state index contributed by atoms with van der Waals surface area (Å²) in [4.78, 5) is 0. The van der Waals surface area contributed by atoms with Crippen LogP contribution in [0.25, 0.3) is 0 Å². The lowest BCUT2D eigenvalue weighted by atomic mass is 10.1. The quantitative estimate of drug-likeness (QED) is 0.610. The molecule has 1 heterocycles. The maximum absolute atomic E-state index is 12.8. The van der Waals surface area contributed by atoms with Crippen molar-refractivity contribution in [3.05, 3.63) is 35.6 Å². The largest absolute Gasteiger partial charge is 0.394 e. The van der Waals surface area contributed by atoms with Gasteiger partial charge in [0.05, 0.1) is 12.7 Å². The molecule has 0 saturated carbocycles. The van der Waals surface area contributed by atoms with E-state index in [-0.39, 0.29) is 18.5 Å². The lowest BCUT2D eigenvalue weighted by Crippen LogP contribution is -2.38. The standard InChI is InChI=1S/C14H20FNO4/c1-8(9-2-4-10(15)5-3-9)16-6-11-13(18)14(19)12(7-17)20-11/h2-5,8,11-14,16-19H,6-7H2,1H3/t8-,11-,12-,13-,14-/m1/s1. The first-order valence-electron chi connectivity index (χ1n) is 6.64. The number of hydrogen-bond donors (Lipinski definition) is 4. The molecule has 2 rings (SSSR count). The van der Waals surface area contributed by atoms with Crippen molar-refractivity contribution in [1.82, 2.24) is 5.32 Å². The smallest absolute Gasteiger partial charge is 0.123 e. The molecule has 20 heavy (non-hydrogen) atoms. The van der Waals surface area contributed by atoms with Crippen molar-refractivity contribution >= 4 is 0 Å². The molecule has 1 aromatic rings. The van der Waals surface area contributed by atoms with Crippen LogP contribution in [0.2, 0.25) is 0 Å². The zero-order valence-electron chi connectivity index (χ0n) is 11.2. The summed E-state index contributed by atoms with van der Waals surface area (Å²) in [5.74, 6) is -0.288. The summed E-state index contributed by atoms with van der Waals surface area (Å²) in [5.41, 5.74) is 0.915. The van der Waals surface area contributed by atoms with E-state index < -0.39 is 24.4 Å². The highest BCUT2D eigenvalue weighted by molar-refractivity contribution is 5.19. The number of halogens is 1.